The van der Waals surface area contributed by atoms with Crippen molar-refractivity contribution in [2.24, 2.45) is 0 Å². The summed E-state index contributed by atoms with van der Waals surface area (Å²) >= 11 is 0. The number of aliphatic hydroxyl groups excluding tert-OH is 1. The molecular weight excluding hydrogens is 847 g/mol. The Kier molecular flexibility index (Phi) is 49.2. The fourth-order valence-electron chi connectivity index (χ4n) is 7.16. The number of hydrogen-bond acceptors (Lipinski definition) is 11. The van der Waals surface area contributed by atoms with E-state index >= 15 is 0 Å². The Morgan fingerprint density at radius 2 is 0.758 bits per heavy atom. The molecule has 0 heterocycles. The second-order valence-corrected chi connectivity index (χ2v) is 17.2. The van der Waals surface area contributed by atoms with Crippen molar-refractivity contribution < 1.29 is 52.8 Å². The highest BCUT2D eigenvalue weighted by atomic mass is 16.5. The van der Waals surface area contributed by atoms with Crippen LogP contribution in [0.25, 0.3) is 0 Å². The van der Waals surface area contributed by atoms with Gasteiger partial charge < -0.3 is 55.4 Å². The first kappa shape index (κ1) is 63.1. The van der Waals surface area contributed by atoms with Crippen molar-refractivity contribution in [2.45, 2.75) is 193 Å². The van der Waals surface area contributed by atoms with Crippen LogP contribution in [-0.2, 0) is 47.7 Å². The minimum Gasteiger partial charge on any atom is -0.394 e. The van der Waals surface area contributed by atoms with Crippen molar-refractivity contribution in [3.63, 3.8) is 0 Å². The lowest BCUT2D eigenvalue weighted by Crippen LogP contribution is -2.48. The van der Waals surface area contributed by atoms with Crippen LogP contribution in [0.15, 0.2) is 0 Å². The van der Waals surface area contributed by atoms with Gasteiger partial charge in [-0.3, -0.25) is 24.0 Å². The lowest BCUT2D eigenvalue weighted by atomic mass is 10.1. The van der Waals surface area contributed by atoms with Crippen LogP contribution in [-0.4, -0.2) is 140 Å². The quantitative estimate of drug-likeness (QED) is 0.0359. The fraction of sp³-hybridized carbons (Fsp3) is 0.900. The third-order valence-corrected chi connectivity index (χ3v) is 11.0. The number of amides is 5. The molecule has 0 aliphatic heterocycles. The molecule has 0 fully saturated rings. The van der Waals surface area contributed by atoms with Crippen LogP contribution in [0.1, 0.15) is 187 Å². The van der Waals surface area contributed by atoms with Gasteiger partial charge >= 0.3 is 0 Å². The van der Waals surface area contributed by atoms with Gasteiger partial charge in [-0.15, -0.1) is 0 Å². The van der Waals surface area contributed by atoms with Crippen molar-refractivity contribution in [1.29, 1.82) is 0 Å². The SMILES string of the molecule is CCCCCCCCCCCCCC(=O)NCCOCCOCC(=O)NCCCC[C@H](NC(=O)COCCOCCNC(=O)CCCCCCCCCCCCC)C(=O)NCCOCCO. The number of rotatable bonds is 52. The topological polar surface area (TPSA) is 212 Å². The number of unbranched alkanes of at least 4 members (excludes halogenated alkanes) is 21. The van der Waals surface area contributed by atoms with Gasteiger partial charge in [0, 0.05) is 39.0 Å². The van der Waals surface area contributed by atoms with Crippen molar-refractivity contribution in [3.05, 3.63) is 0 Å². The number of ether oxygens (including phenoxy) is 5. The summed E-state index contributed by atoms with van der Waals surface area (Å²) in [5.74, 6) is -1.00. The van der Waals surface area contributed by atoms with Crippen molar-refractivity contribution in [3.8, 4) is 0 Å². The minimum absolute atomic E-state index is 0.0334. The molecule has 0 aromatic carbocycles. The number of carbonyl (C=O) groups excluding carboxylic acids is 5. The Bertz CT molecular complexity index is 1140. The van der Waals surface area contributed by atoms with E-state index < -0.39 is 11.9 Å². The summed E-state index contributed by atoms with van der Waals surface area (Å²) in [5, 5.41) is 22.9. The first-order chi connectivity index (χ1) is 32.3. The fourth-order valence-corrected chi connectivity index (χ4v) is 7.16. The molecular formula is C50H97N5O11. The summed E-state index contributed by atoms with van der Waals surface area (Å²) in [6, 6.07) is -0.814. The smallest absolute Gasteiger partial charge is 0.246 e. The summed E-state index contributed by atoms with van der Waals surface area (Å²) in [7, 11) is 0. The number of carbonyl (C=O) groups is 5. The van der Waals surface area contributed by atoms with Gasteiger partial charge in [0.2, 0.25) is 29.5 Å². The molecule has 0 aromatic rings. The van der Waals surface area contributed by atoms with Crippen LogP contribution in [0, 0.1) is 0 Å². The van der Waals surface area contributed by atoms with Gasteiger partial charge in [-0.25, -0.2) is 0 Å². The zero-order chi connectivity index (χ0) is 48.2. The number of nitrogens with one attached hydrogen (secondary N) is 5. The second kappa shape index (κ2) is 51.5. The molecule has 5 amide bonds. The Morgan fingerprint density at radius 1 is 0.379 bits per heavy atom. The summed E-state index contributed by atoms with van der Waals surface area (Å²) in [6.07, 6.45) is 30.0. The predicted octanol–water partition coefficient (Wildman–Crippen LogP) is 6.58. The third-order valence-electron chi connectivity index (χ3n) is 11.0. The first-order valence-electron chi connectivity index (χ1n) is 26.2. The van der Waals surface area contributed by atoms with Crippen LogP contribution in [0.2, 0.25) is 0 Å². The van der Waals surface area contributed by atoms with Gasteiger partial charge in [-0.1, -0.05) is 142 Å². The van der Waals surface area contributed by atoms with E-state index in [9.17, 15) is 24.0 Å². The molecule has 0 saturated heterocycles. The molecule has 16 nitrogen and oxygen atoms in total. The molecule has 0 aliphatic carbocycles. The summed E-state index contributed by atoms with van der Waals surface area (Å²) < 4.78 is 27.1. The lowest BCUT2D eigenvalue weighted by molar-refractivity contribution is -0.132. The molecule has 66 heavy (non-hydrogen) atoms. The summed E-state index contributed by atoms with van der Waals surface area (Å²) in [6.45, 7) is 7.54. The average Bonchev–Trinajstić information content (AvgIpc) is 3.30. The lowest BCUT2D eigenvalue weighted by Gasteiger charge is -2.19. The maximum atomic E-state index is 12.9. The van der Waals surface area contributed by atoms with E-state index in [0.29, 0.717) is 71.6 Å². The van der Waals surface area contributed by atoms with E-state index in [-0.39, 0.29) is 83.0 Å². The molecule has 0 saturated carbocycles. The highest BCUT2D eigenvalue weighted by molar-refractivity contribution is 5.88. The van der Waals surface area contributed by atoms with Gasteiger partial charge in [0.1, 0.15) is 19.3 Å². The molecule has 6 N–H and O–H groups in total. The maximum absolute atomic E-state index is 12.9. The molecule has 16 heteroatoms. The molecule has 388 valence electrons. The zero-order valence-corrected chi connectivity index (χ0v) is 41.8. The van der Waals surface area contributed by atoms with Gasteiger partial charge in [-0.05, 0) is 32.1 Å². The van der Waals surface area contributed by atoms with Crippen LogP contribution in [0.5, 0.6) is 0 Å². The van der Waals surface area contributed by atoms with Gasteiger partial charge in [0.05, 0.1) is 59.5 Å². The summed E-state index contributed by atoms with van der Waals surface area (Å²) in [4.78, 5) is 61.9. The molecule has 0 unspecified atom stereocenters. The highest BCUT2D eigenvalue weighted by Crippen LogP contribution is 2.13. The largest absolute Gasteiger partial charge is 0.394 e. The van der Waals surface area contributed by atoms with Crippen LogP contribution < -0.4 is 26.6 Å². The van der Waals surface area contributed by atoms with Gasteiger partial charge in [0.25, 0.3) is 0 Å². The number of aliphatic hydroxyl groups is 1. The van der Waals surface area contributed by atoms with E-state index in [2.05, 4.69) is 40.4 Å². The third kappa shape index (κ3) is 47.6. The molecule has 0 radical (unpaired) electrons. The van der Waals surface area contributed by atoms with Crippen LogP contribution in [0.3, 0.4) is 0 Å². The second-order valence-electron chi connectivity index (χ2n) is 17.2. The van der Waals surface area contributed by atoms with Crippen molar-refractivity contribution in [2.75, 3.05) is 98.9 Å². The van der Waals surface area contributed by atoms with Gasteiger partial charge in [-0.2, -0.15) is 0 Å². The van der Waals surface area contributed by atoms with E-state index in [4.69, 9.17) is 28.8 Å². The molecule has 0 bridgehead atoms. The van der Waals surface area contributed by atoms with Gasteiger partial charge in [0.15, 0.2) is 0 Å². The summed E-state index contributed by atoms with van der Waals surface area (Å²) in [5.41, 5.74) is 0. The molecule has 0 spiro atoms. The predicted molar refractivity (Wildman–Crippen MR) is 261 cm³/mol. The van der Waals surface area contributed by atoms with E-state index in [1.165, 1.54) is 116 Å². The zero-order valence-electron chi connectivity index (χ0n) is 41.8. The van der Waals surface area contributed by atoms with E-state index in [1.54, 1.807) is 0 Å². The molecule has 1 atom stereocenters. The van der Waals surface area contributed by atoms with Crippen LogP contribution in [0.4, 0.5) is 0 Å². The Balaban J connectivity index is 4.02. The van der Waals surface area contributed by atoms with E-state index in [0.717, 1.165) is 25.7 Å². The maximum Gasteiger partial charge on any atom is 0.246 e. The molecule has 0 rings (SSSR count). The average molecular weight is 944 g/mol. The first-order valence-corrected chi connectivity index (χ1v) is 26.2. The van der Waals surface area contributed by atoms with Crippen molar-refractivity contribution in [1.82, 2.24) is 26.6 Å². The minimum atomic E-state index is -0.814. The Hall–Kier alpha value is -2.89. The monoisotopic (exact) mass is 944 g/mol. The van der Waals surface area contributed by atoms with Crippen LogP contribution >= 0.6 is 0 Å². The normalized spacial score (nSPS) is 11.6. The molecule has 0 aromatic heterocycles. The molecule has 0 aliphatic rings. The van der Waals surface area contributed by atoms with E-state index in [1.807, 2.05) is 0 Å². The standard InChI is InChI=1S/C50H97N5O11/c1-3-5-7-9-11-13-15-17-19-21-23-28-46(57)52-31-35-63-39-41-65-43-48(59)51-30-26-25-27-45(50(61)54-33-37-62-38-34-56)55-49(60)44-66-42-40-64-36-32-53-47(58)29-24-22-20-18-16-14-12-10-8-6-4-2/h45,56H,3-44H2,1-2H3,(H,51,59)(H,52,57)(H,53,58)(H,54,61)(H,55,60)/t45-/m0/s1. The Morgan fingerprint density at radius 3 is 1.21 bits per heavy atom. The highest BCUT2D eigenvalue weighted by Gasteiger charge is 2.20. The Labute approximate surface area is 400 Å². The number of hydrogen-bond donors (Lipinski definition) is 6. The van der Waals surface area contributed by atoms with Crippen molar-refractivity contribution >= 4 is 29.5 Å².